The second-order valence-corrected chi connectivity index (χ2v) is 9.86. The highest BCUT2D eigenvalue weighted by atomic mass is 35.5. The summed E-state index contributed by atoms with van der Waals surface area (Å²) in [6, 6.07) is 21.6. The lowest BCUT2D eigenvalue weighted by molar-refractivity contribution is -0.129. The topological polar surface area (TPSA) is 71.0 Å². The molecule has 180 valence electrons. The van der Waals surface area contributed by atoms with Gasteiger partial charge in [0.15, 0.2) is 5.17 Å². The van der Waals surface area contributed by atoms with Crippen LogP contribution < -0.4 is 10.1 Å². The first-order chi connectivity index (χ1) is 16.9. The van der Waals surface area contributed by atoms with Crippen molar-refractivity contribution in [2.45, 2.75) is 18.1 Å². The highest BCUT2D eigenvalue weighted by Gasteiger charge is 2.35. The van der Waals surface area contributed by atoms with Crippen LogP contribution in [0.3, 0.4) is 0 Å². The van der Waals surface area contributed by atoms with E-state index < -0.39 is 5.25 Å². The molecule has 2 amide bonds. The normalized spacial score (nSPS) is 16.9. The molecule has 1 aliphatic heterocycles. The molecular weight excluding hydrogens is 505 g/mol. The summed E-state index contributed by atoms with van der Waals surface area (Å²) in [7, 11) is 1.58. The summed E-state index contributed by atoms with van der Waals surface area (Å²) in [5.74, 6) is 0.286. The first-order valence-electron chi connectivity index (χ1n) is 10.9. The molecule has 1 atom stereocenters. The van der Waals surface area contributed by atoms with Crippen molar-refractivity contribution in [2.24, 2.45) is 4.99 Å². The largest absolute Gasteiger partial charge is 0.497 e. The number of ether oxygens (including phenoxy) is 1. The van der Waals surface area contributed by atoms with Gasteiger partial charge in [0, 0.05) is 28.7 Å². The number of thioether (sulfide) groups is 1. The Morgan fingerprint density at radius 2 is 1.66 bits per heavy atom. The Hall–Kier alpha value is -3.00. The first kappa shape index (κ1) is 25.1. The van der Waals surface area contributed by atoms with Crippen LogP contribution in [0.4, 0.5) is 11.4 Å². The standard InChI is InChI=1S/C26H23Cl2N3O3S/c1-34-22-12-10-20(11-13-22)29-25(33)23-16-24(32)31(15-14-17-2-4-18(27)5-3-17)26(35-23)30-21-8-6-19(28)7-9-21/h2-13,23H,14-16H2,1H3,(H,29,33). The van der Waals surface area contributed by atoms with E-state index in [1.807, 2.05) is 24.3 Å². The summed E-state index contributed by atoms with van der Waals surface area (Å²) in [6.07, 6.45) is 0.707. The number of hydrogen-bond acceptors (Lipinski definition) is 5. The quantitative estimate of drug-likeness (QED) is 0.396. The number of nitrogens with one attached hydrogen (secondary N) is 1. The Morgan fingerprint density at radius 3 is 2.29 bits per heavy atom. The molecule has 1 N–H and O–H groups in total. The lowest BCUT2D eigenvalue weighted by atomic mass is 10.1. The first-order valence-corrected chi connectivity index (χ1v) is 12.6. The number of anilines is 1. The molecule has 1 fully saturated rings. The second-order valence-electron chi connectivity index (χ2n) is 7.82. The van der Waals surface area contributed by atoms with Crippen molar-refractivity contribution < 1.29 is 14.3 Å². The maximum absolute atomic E-state index is 13.2. The van der Waals surface area contributed by atoms with Gasteiger partial charge < -0.3 is 10.1 Å². The van der Waals surface area contributed by atoms with Crippen molar-refractivity contribution >= 4 is 63.3 Å². The van der Waals surface area contributed by atoms with Gasteiger partial charge in [0.1, 0.15) is 11.0 Å². The molecule has 3 aromatic carbocycles. The van der Waals surface area contributed by atoms with Crippen molar-refractivity contribution in [3.05, 3.63) is 88.4 Å². The fourth-order valence-corrected chi connectivity index (χ4v) is 4.85. The van der Waals surface area contributed by atoms with Gasteiger partial charge in [-0.25, -0.2) is 4.99 Å². The van der Waals surface area contributed by atoms with Gasteiger partial charge >= 0.3 is 0 Å². The minimum absolute atomic E-state index is 0.0763. The van der Waals surface area contributed by atoms with Crippen LogP contribution in [0.5, 0.6) is 5.75 Å². The van der Waals surface area contributed by atoms with E-state index in [9.17, 15) is 9.59 Å². The number of amides is 2. The highest BCUT2D eigenvalue weighted by molar-refractivity contribution is 8.15. The van der Waals surface area contributed by atoms with Crippen LogP contribution >= 0.6 is 35.0 Å². The van der Waals surface area contributed by atoms with Crippen LogP contribution in [0, 0.1) is 0 Å². The zero-order chi connectivity index (χ0) is 24.8. The monoisotopic (exact) mass is 527 g/mol. The highest BCUT2D eigenvalue weighted by Crippen LogP contribution is 2.31. The van der Waals surface area contributed by atoms with E-state index in [0.29, 0.717) is 45.3 Å². The number of carbonyl (C=O) groups is 2. The molecule has 9 heteroatoms. The van der Waals surface area contributed by atoms with Crippen LogP contribution in [0.15, 0.2) is 77.8 Å². The predicted molar refractivity (Wildman–Crippen MR) is 143 cm³/mol. The summed E-state index contributed by atoms with van der Waals surface area (Å²) in [5, 5.41) is 4.01. The lowest BCUT2D eigenvalue weighted by Gasteiger charge is -2.32. The van der Waals surface area contributed by atoms with E-state index in [2.05, 4.69) is 10.3 Å². The molecule has 6 nitrogen and oxygen atoms in total. The molecular formula is C26H23Cl2N3O3S. The maximum Gasteiger partial charge on any atom is 0.238 e. The van der Waals surface area contributed by atoms with E-state index in [4.69, 9.17) is 27.9 Å². The summed E-state index contributed by atoms with van der Waals surface area (Å²) in [6.45, 7) is 0.437. The molecule has 0 radical (unpaired) electrons. The number of nitrogens with zero attached hydrogens (tertiary/aromatic N) is 2. The van der Waals surface area contributed by atoms with Gasteiger partial charge in [0.25, 0.3) is 0 Å². The minimum atomic E-state index is -0.609. The number of halogens is 2. The molecule has 0 saturated carbocycles. The molecule has 0 aliphatic carbocycles. The van der Waals surface area contributed by atoms with E-state index in [1.54, 1.807) is 60.5 Å². The third-order valence-corrected chi connectivity index (χ3v) is 7.07. The third-order valence-electron chi connectivity index (χ3n) is 5.38. The number of methoxy groups -OCH3 is 1. The second kappa shape index (κ2) is 11.6. The molecule has 0 aromatic heterocycles. The average molecular weight is 528 g/mol. The van der Waals surface area contributed by atoms with Gasteiger partial charge in [-0.2, -0.15) is 0 Å². The lowest BCUT2D eigenvalue weighted by Crippen LogP contribution is -2.46. The van der Waals surface area contributed by atoms with Gasteiger partial charge in [0.2, 0.25) is 11.8 Å². The average Bonchev–Trinajstić information content (AvgIpc) is 2.86. The Kier molecular flexibility index (Phi) is 8.33. The van der Waals surface area contributed by atoms with Crippen molar-refractivity contribution in [2.75, 3.05) is 19.0 Å². The Labute approximate surface area is 218 Å². The van der Waals surface area contributed by atoms with Crippen LogP contribution in [0.1, 0.15) is 12.0 Å². The van der Waals surface area contributed by atoms with Crippen LogP contribution in [0.25, 0.3) is 0 Å². The van der Waals surface area contributed by atoms with Gasteiger partial charge in [-0.1, -0.05) is 47.1 Å². The summed E-state index contributed by atoms with van der Waals surface area (Å²) in [5.41, 5.74) is 2.33. The van der Waals surface area contributed by atoms with E-state index in [0.717, 1.165) is 5.56 Å². The number of hydrogen-bond donors (Lipinski definition) is 1. The van der Waals surface area contributed by atoms with Crippen LogP contribution in [0.2, 0.25) is 10.0 Å². The van der Waals surface area contributed by atoms with E-state index in [-0.39, 0.29) is 18.2 Å². The smallest absolute Gasteiger partial charge is 0.238 e. The number of rotatable bonds is 7. The number of aliphatic imine (C=N–C) groups is 1. The Morgan fingerprint density at radius 1 is 1.03 bits per heavy atom. The van der Waals surface area contributed by atoms with Crippen LogP contribution in [-0.2, 0) is 16.0 Å². The van der Waals surface area contributed by atoms with E-state index >= 15 is 0 Å². The zero-order valence-electron chi connectivity index (χ0n) is 18.9. The SMILES string of the molecule is COc1ccc(NC(=O)C2CC(=O)N(CCc3ccc(Cl)cc3)C(=Nc3ccc(Cl)cc3)S2)cc1. The maximum atomic E-state index is 13.2. The molecule has 0 bridgehead atoms. The number of carbonyl (C=O) groups excluding carboxylic acids is 2. The van der Waals surface area contributed by atoms with E-state index in [1.165, 1.54) is 11.8 Å². The van der Waals surface area contributed by atoms with Gasteiger partial charge in [-0.3, -0.25) is 14.5 Å². The fraction of sp³-hybridized carbons (Fsp3) is 0.192. The van der Waals surface area contributed by atoms with Crippen molar-refractivity contribution in [1.82, 2.24) is 4.90 Å². The summed E-state index contributed by atoms with van der Waals surface area (Å²) >= 11 is 13.3. The molecule has 0 spiro atoms. The minimum Gasteiger partial charge on any atom is -0.497 e. The molecule has 4 rings (SSSR count). The fourth-order valence-electron chi connectivity index (χ4n) is 3.48. The predicted octanol–water partition coefficient (Wildman–Crippen LogP) is 6.21. The molecule has 1 aliphatic rings. The number of benzene rings is 3. The summed E-state index contributed by atoms with van der Waals surface area (Å²) in [4.78, 5) is 32.5. The molecule has 1 unspecified atom stereocenters. The Bertz CT molecular complexity index is 1220. The molecule has 3 aromatic rings. The Balaban J connectivity index is 1.53. The molecule has 1 heterocycles. The van der Waals surface area contributed by atoms with Crippen molar-refractivity contribution in [3.8, 4) is 5.75 Å². The third kappa shape index (κ3) is 6.78. The van der Waals surface area contributed by atoms with Gasteiger partial charge in [0.05, 0.1) is 12.8 Å². The van der Waals surface area contributed by atoms with Gasteiger partial charge in [-0.05, 0) is 72.6 Å². The molecule has 35 heavy (non-hydrogen) atoms. The number of amidine groups is 1. The van der Waals surface area contributed by atoms with Crippen molar-refractivity contribution in [1.29, 1.82) is 0 Å². The van der Waals surface area contributed by atoms with Crippen molar-refractivity contribution in [3.63, 3.8) is 0 Å². The van der Waals surface area contributed by atoms with Gasteiger partial charge in [-0.15, -0.1) is 0 Å². The summed E-state index contributed by atoms with van der Waals surface area (Å²) < 4.78 is 5.16. The molecule has 1 saturated heterocycles. The van der Waals surface area contributed by atoms with Crippen LogP contribution in [-0.4, -0.2) is 40.8 Å². The zero-order valence-corrected chi connectivity index (χ0v) is 21.2.